The van der Waals surface area contributed by atoms with Gasteiger partial charge in [0.15, 0.2) is 11.5 Å². The van der Waals surface area contributed by atoms with Gasteiger partial charge in [-0.05, 0) is 49.1 Å². The van der Waals surface area contributed by atoms with Gasteiger partial charge in [-0.2, -0.15) is 0 Å². The molecule has 0 radical (unpaired) electrons. The minimum absolute atomic E-state index is 0.153. The second kappa shape index (κ2) is 5.13. The van der Waals surface area contributed by atoms with Crippen LogP contribution in [-0.2, 0) is 11.3 Å². The second-order valence-electron chi connectivity index (χ2n) is 6.46. The first-order valence-electron chi connectivity index (χ1n) is 7.85. The van der Waals surface area contributed by atoms with Crippen LogP contribution in [0, 0.1) is 17.8 Å². The monoisotopic (exact) mass is 284 g/mol. The fourth-order valence-electron chi connectivity index (χ4n) is 4.13. The Labute approximate surface area is 123 Å². The van der Waals surface area contributed by atoms with Gasteiger partial charge in [0.2, 0.25) is 5.91 Å². The molecule has 4 rings (SSSR count). The molecule has 0 saturated heterocycles. The van der Waals surface area contributed by atoms with Crippen LogP contribution >= 0.6 is 0 Å². The molecule has 2 saturated carbocycles. The highest BCUT2D eigenvalue weighted by Crippen LogP contribution is 2.49. The van der Waals surface area contributed by atoms with Crippen LogP contribution < -0.4 is 5.32 Å². The third kappa shape index (κ3) is 2.41. The molecular formula is C16H20N4O. The molecular weight excluding hydrogens is 264 g/mol. The lowest BCUT2D eigenvalue weighted by Crippen LogP contribution is -2.27. The molecule has 2 aromatic heterocycles. The summed E-state index contributed by atoms with van der Waals surface area (Å²) in [6, 6.07) is 5.78. The SMILES string of the molecule is O=C(C[C@H]1C[C@@H]2CC[C@@H]1C2)NCc1nnc2ccccn12. The summed E-state index contributed by atoms with van der Waals surface area (Å²) in [7, 11) is 0. The minimum atomic E-state index is 0.153. The van der Waals surface area contributed by atoms with Crippen molar-refractivity contribution in [1.82, 2.24) is 19.9 Å². The number of hydrogen-bond donors (Lipinski definition) is 1. The van der Waals surface area contributed by atoms with E-state index >= 15 is 0 Å². The summed E-state index contributed by atoms with van der Waals surface area (Å²) in [5.41, 5.74) is 0.815. The molecule has 0 aliphatic heterocycles. The van der Waals surface area contributed by atoms with Crippen LogP contribution in [0.2, 0.25) is 0 Å². The molecule has 21 heavy (non-hydrogen) atoms. The summed E-state index contributed by atoms with van der Waals surface area (Å²) < 4.78 is 1.91. The van der Waals surface area contributed by atoms with Gasteiger partial charge in [0.05, 0.1) is 6.54 Å². The fraction of sp³-hybridized carbons (Fsp3) is 0.562. The molecule has 2 fully saturated rings. The zero-order valence-corrected chi connectivity index (χ0v) is 12.0. The van der Waals surface area contributed by atoms with E-state index in [4.69, 9.17) is 0 Å². The first-order valence-corrected chi connectivity index (χ1v) is 7.85. The van der Waals surface area contributed by atoms with Gasteiger partial charge < -0.3 is 5.32 Å². The highest BCUT2D eigenvalue weighted by molar-refractivity contribution is 5.76. The molecule has 5 nitrogen and oxygen atoms in total. The van der Waals surface area contributed by atoms with Gasteiger partial charge in [-0.15, -0.1) is 10.2 Å². The lowest BCUT2D eigenvalue weighted by Gasteiger charge is -2.20. The third-order valence-corrected chi connectivity index (χ3v) is 5.16. The highest BCUT2D eigenvalue weighted by Gasteiger charge is 2.40. The summed E-state index contributed by atoms with van der Waals surface area (Å²) in [4.78, 5) is 12.1. The van der Waals surface area contributed by atoms with Crippen molar-refractivity contribution in [2.45, 2.75) is 38.6 Å². The topological polar surface area (TPSA) is 59.3 Å². The molecule has 2 aromatic rings. The summed E-state index contributed by atoms with van der Waals surface area (Å²) in [5.74, 6) is 3.24. The molecule has 2 heterocycles. The zero-order chi connectivity index (χ0) is 14.2. The largest absolute Gasteiger partial charge is 0.349 e. The quantitative estimate of drug-likeness (QED) is 0.936. The number of hydrogen-bond acceptors (Lipinski definition) is 3. The van der Waals surface area contributed by atoms with E-state index in [0.29, 0.717) is 18.9 Å². The van der Waals surface area contributed by atoms with Crippen LogP contribution in [0.25, 0.3) is 5.65 Å². The van der Waals surface area contributed by atoms with Crippen LogP contribution in [-0.4, -0.2) is 20.5 Å². The van der Waals surface area contributed by atoms with E-state index in [0.717, 1.165) is 23.3 Å². The smallest absolute Gasteiger partial charge is 0.220 e. The van der Waals surface area contributed by atoms with Crippen LogP contribution in [0.3, 0.4) is 0 Å². The van der Waals surface area contributed by atoms with E-state index < -0.39 is 0 Å². The first-order chi connectivity index (χ1) is 10.3. The van der Waals surface area contributed by atoms with Crippen molar-refractivity contribution < 1.29 is 4.79 Å². The van der Waals surface area contributed by atoms with Gasteiger partial charge >= 0.3 is 0 Å². The Morgan fingerprint density at radius 2 is 2.24 bits per heavy atom. The van der Waals surface area contributed by atoms with Crippen molar-refractivity contribution in [3.05, 3.63) is 30.2 Å². The minimum Gasteiger partial charge on any atom is -0.349 e. The fourth-order valence-corrected chi connectivity index (χ4v) is 4.13. The summed E-state index contributed by atoms with van der Waals surface area (Å²) >= 11 is 0. The van der Waals surface area contributed by atoms with Gasteiger partial charge in [-0.1, -0.05) is 12.5 Å². The highest BCUT2D eigenvalue weighted by atomic mass is 16.1. The van der Waals surface area contributed by atoms with E-state index in [1.807, 2.05) is 28.8 Å². The maximum Gasteiger partial charge on any atom is 0.220 e. The first kappa shape index (κ1) is 12.8. The van der Waals surface area contributed by atoms with E-state index in [-0.39, 0.29) is 5.91 Å². The Morgan fingerprint density at radius 3 is 3.05 bits per heavy atom. The third-order valence-electron chi connectivity index (χ3n) is 5.16. The number of carbonyl (C=O) groups excluding carboxylic acids is 1. The Kier molecular flexibility index (Phi) is 3.13. The van der Waals surface area contributed by atoms with Crippen molar-refractivity contribution in [2.24, 2.45) is 17.8 Å². The molecule has 3 atom stereocenters. The summed E-state index contributed by atoms with van der Waals surface area (Å²) in [6.07, 6.45) is 7.93. The molecule has 0 unspecified atom stereocenters. The molecule has 110 valence electrons. The van der Waals surface area contributed by atoms with Gasteiger partial charge in [0.25, 0.3) is 0 Å². The van der Waals surface area contributed by atoms with Gasteiger partial charge in [-0.3, -0.25) is 9.20 Å². The zero-order valence-electron chi connectivity index (χ0n) is 12.0. The number of aromatic nitrogens is 3. The molecule has 0 aromatic carbocycles. The van der Waals surface area contributed by atoms with Crippen molar-refractivity contribution in [1.29, 1.82) is 0 Å². The molecule has 1 N–H and O–H groups in total. The van der Waals surface area contributed by atoms with E-state index in [1.54, 1.807) is 0 Å². The average Bonchev–Trinajstić information content (AvgIpc) is 3.20. The molecule has 2 bridgehead atoms. The normalized spacial score (nSPS) is 27.3. The van der Waals surface area contributed by atoms with Crippen LogP contribution in [0.4, 0.5) is 0 Å². The van der Waals surface area contributed by atoms with Crippen molar-refractivity contribution >= 4 is 11.6 Å². The number of amides is 1. The van der Waals surface area contributed by atoms with Gasteiger partial charge in [-0.25, -0.2) is 0 Å². The summed E-state index contributed by atoms with van der Waals surface area (Å²) in [5, 5.41) is 11.2. The van der Waals surface area contributed by atoms with Gasteiger partial charge in [0, 0.05) is 12.6 Å². The van der Waals surface area contributed by atoms with Crippen LogP contribution in [0.5, 0.6) is 0 Å². The van der Waals surface area contributed by atoms with Crippen LogP contribution in [0.1, 0.15) is 37.9 Å². The lowest BCUT2D eigenvalue weighted by atomic mass is 9.86. The second-order valence-corrected chi connectivity index (χ2v) is 6.46. The van der Waals surface area contributed by atoms with E-state index in [1.165, 1.54) is 25.7 Å². The molecule has 5 heteroatoms. The van der Waals surface area contributed by atoms with E-state index in [2.05, 4.69) is 15.5 Å². The maximum absolute atomic E-state index is 12.1. The number of pyridine rings is 1. The number of nitrogens with zero attached hydrogens (tertiary/aromatic N) is 3. The van der Waals surface area contributed by atoms with Crippen LogP contribution in [0.15, 0.2) is 24.4 Å². The Morgan fingerprint density at radius 1 is 1.29 bits per heavy atom. The number of nitrogens with one attached hydrogen (secondary N) is 1. The summed E-state index contributed by atoms with van der Waals surface area (Å²) in [6.45, 7) is 0.449. The maximum atomic E-state index is 12.1. The Balaban J connectivity index is 1.35. The van der Waals surface area contributed by atoms with E-state index in [9.17, 15) is 4.79 Å². The number of fused-ring (bicyclic) bond motifs is 3. The van der Waals surface area contributed by atoms with Gasteiger partial charge in [0.1, 0.15) is 0 Å². The van der Waals surface area contributed by atoms with Crippen molar-refractivity contribution in [3.8, 4) is 0 Å². The Hall–Kier alpha value is -1.91. The molecule has 2 aliphatic rings. The van der Waals surface area contributed by atoms with Crippen molar-refractivity contribution in [2.75, 3.05) is 0 Å². The number of carbonyl (C=O) groups is 1. The Bertz CT molecular complexity index is 665. The standard InChI is InChI=1S/C16H20N4O/c21-16(9-13-8-11-4-5-12(13)7-11)17-10-15-19-18-14-3-1-2-6-20(14)15/h1-3,6,11-13H,4-5,7-10H2,(H,17,21)/t11-,12-,13-/m1/s1. The predicted molar refractivity (Wildman–Crippen MR) is 78.4 cm³/mol. The molecule has 0 spiro atoms. The van der Waals surface area contributed by atoms with Crippen molar-refractivity contribution in [3.63, 3.8) is 0 Å². The average molecular weight is 284 g/mol. The number of rotatable bonds is 4. The predicted octanol–water partition coefficient (Wildman–Crippen LogP) is 2.17. The molecule has 1 amide bonds. The lowest BCUT2D eigenvalue weighted by molar-refractivity contribution is -0.122. The molecule has 2 aliphatic carbocycles.